The van der Waals surface area contributed by atoms with Crippen molar-refractivity contribution in [1.82, 2.24) is 9.88 Å². The zero-order valence-electron chi connectivity index (χ0n) is 11.6. The Hall–Kier alpha value is -1.13. The summed E-state index contributed by atoms with van der Waals surface area (Å²) in [5.74, 6) is 0. The third-order valence-electron chi connectivity index (χ3n) is 4.16. The van der Waals surface area contributed by atoms with E-state index >= 15 is 0 Å². The Bertz CT molecular complexity index is 424. The Balaban J connectivity index is 1.68. The lowest BCUT2D eigenvalue weighted by atomic mass is 10.1. The molecular weight excluding hydrogens is 238 g/mol. The Labute approximate surface area is 115 Å². The van der Waals surface area contributed by atoms with E-state index in [4.69, 9.17) is 4.74 Å². The van der Waals surface area contributed by atoms with Gasteiger partial charge in [0.05, 0.1) is 18.4 Å². The van der Waals surface area contributed by atoms with Crippen LogP contribution in [-0.2, 0) is 11.3 Å². The number of pyridine rings is 1. The first-order valence-electron chi connectivity index (χ1n) is 7.41. The molecule has 2 unspecified atom stereocenters. The third kappa shape index (κ3) is 2.90. The van der Waals surface area contributed by atoms with Crippen LogP contribution in [0.3, 0.4) is 0 Å². The number of ether oxygens (including phenoxy) is 1. The van der Waals surface area contributed by atoms with Crippen LogP contribution >= 0.6 is 0 Å². The molecule has 104 valence electrons. The van der Waals surface area contributed by atoms with Crippen LogP contribution in [0.1, 0.15) is 31.9 Å². The lowest BCUT2D eigenvalue weighted by Crippen LogP contribution is -2.47. The van der Waals surface area contributed by atoms with Crippen molar-refractivity contribution >= 4 is 5.69 Å². The molecule has 2 atom stereocenters. The highest BCUT2D eigenvalue weighted by atomic mass is 16.5. The number of fused-ring (bicyclic) bond motifs is 1. The zero-order valence-corrected chi connectivity index (χ0v) is 11.6. The van der Waals surface area contributed by atoms with Gasteiger partial charge in [0.25, 0.3) is 0 Å². The van der Waals surface area contributed by atoms with E-state index in [-0.39, 0.29) is 0 Å². The molecule has 2 aliphatic rings. The van der Waals surface area contributed by atoms with Crippen LogP contribution in [0.15, 0.2) is 18.3 Å². The third-order valence-corrected chi connectivity index (χ3v) is 4.16. The van der Waals surface area contributed by atoms with Crippen molar-refractivity contribution in [3.8, 4) is 0 Å². The molecule has 0 aromatic carbocycles. The van der Waals surface area contributed by atoms with Crippen LogP contribution in [0, 0.1) is 0 Å². The minimum atomic E-state index is 0.464. The number of rotatable bonds is 4. The smallest absolute Gasteiger partial charge is 0.0731 e. The van der Waals surface area contributed by atoms with Crippen molar-refractivity contribution in [3.05, 3.63) is 24.0 Å². The van der Waals surface area contributed by atoms with Gasteiger partial charge in [-0.05, 0) is 38.3 Å². The molecule has 1 saturated heterocycles. The maximum absolute atomic E-state index is 5.86. The number of hydrogen-bond acceptors (Lipinski definition) is 4. The normalized spacial score (nSPS) is 27.2. The van der Waals surface area contributed by atoms with E-state index in [0.29, 0.717) is 12.1 Å². The van der Waals surface area contributed by atoms with Crippen molar-refractivity contribution in [2.45, 2.75) is 44.9 Å². The van der Waals surface area contributed by atoms with E-state index in [1.807, 2.05) is 12.3 Å². The Kier molecular flexibility index (Phi) is 3.99. The highest BCUT2D eigenvalue weighted by Crippen LogP contribution is 2.30. The monoisotopic (exact) mass is 261 g/mol. The Morgan fingerprint density at radius 2 is 2.42 bits per heavy atom. The van der Waals surface area contributed by atoms with E-state index in [9.17, 15) is 0 Å². The SMILES string of the molecule is CCNc1ccnc(CN2CCOC3CCCC32)c1. The van der Waals surface area contributed by atoms with Crippen LogP contribution in [0.4, 0.5) is 5.69 Å². The van der Waals surface area contributed by atoms with Gasteiger partial charge in [0.1, 0.15) is 0 Å². The van der Waals surface area contributed by atoms with Crippen molar-refractivity contribution < 1.29 is 4.74 Å². The molecule has 0 spiro atoms. The molecule has 19 heavy (non-hydrogen) atoms. The fraction of sp³-hybridized carbons (Fsp3) is 0.667. The standard InChI is InChI=1S/C15H23N3O/c1-2-16-12-6-7-17-13(10-12)11-18-8-9-19-15-5-3-4-14(15)18/h6-7,10,14-15H,2-5,8-9,11H2,1H3,(H,16,17). The van der Waals surface area contributed by atoms with Crippen LogP contribution in [0.25, 0.3) is 0 Å². The first kappa shape index (κ1) is 12.9. The molecule has 4 heteroatoms. The van der Waals surface area contributed by atoms with Gasteiger partial charge in [-0.1, -0.05) is 0 Å². The van der Waals surface area contributed by atoms with Crippen molar-refractivity contribution in [2.24, 2.45) is 0 Å². The number of hydrogen-bond donors (Lipinski definition) is 1. The first-order valence-corrected chi connectivity index (χ1v) is 7.41. The fourth-order valence-electron chi connectivity index (χ4n) is 3.29. The molecule has 1 saturated carbocycles. The first-order chi connectivity index (χ1) is 9.36. The average molecular weight is 261 g/mol. The topological polar surface area (TPSA) is 37.4 Å². The number of nitrogens with zero attached hydrogens (tertiary/aromatic N) is 2. The van der Waals surface area contributed by atoms with E-state index < -0.39 is 0 Å². The van der Waals surface area contributed by atoms with Gasteiger partial charge >= 0.3 is 0 Å². The van der Waals surface area contributed by atoms with E-state index in [2.05, 4.69) is 28.2 Å². The highest BCUT2D eigenvalue weighted by molar-refractivity contribution is 5.42. The minimum Gasteiger partial charge on any atom is -0.385 e. The maximum atomic E-state index is 5.86. The second kappa shape index (κ2) is 5.88. The van der Waals surface area contributed by atoms with E-state index in [1.165, 1.54) is 24.9 Å². The van der Waals surface area contributed by atoms with Crippen LogP contribution in [0.2, 0.25) is 0 Å². The molecule has 2 fully saturated rings. The highest BCUT2D eigenvalue weighted by Gasteiger charge is 2.35. The molecular formula is C15H23N3O. The Morgan fingerprint density at radius 1 is 1.47 bits per heavy atom. The zero-order chi connectivity index (χ0) is 13.1. The number of anilines is 1. The number of morpholine rings is 1. The lowest BCUT2D eigenvalue weighted by Gasteiger charge is -2.37. The largest absolute Gasteiger partial charge is 0.385 e. The minimum absolute atomic E-state index is 0.464. The molecule has 1 aliphatic heterocycles. The van der Waals surface area contributed by atoms with Crippen molar-refractivity contribution in [1.29, 1.82) is 0 Å². The summed E-state index contributed by atoms with van der Waals surface area (Å²) in [6, 6.07) is 4.81. The van der Waals surface area contributed by atoms with Gasteiger partial charge in [-0.3, -0.25) is 9.88 Å². The summed E-state index contributed by atoms with van der Waals surface area (Å²) in [4.78, 5) is 7.06. The molecule has 1 aliphatic carbocycles. The molecule has 0 radical (unpaired) electrons. The van der Waals surface area contributed by atoms with Crippen LogP contribution in [0.5, 0.6) is 0 Å². The predicted octanol–water partition coefficient (Wildman–Crippen LogP) is 2.27. The van der Waals surface area contributed by atoms with Crippen LogP contribution in [-0.4, -0.2) is 41.7 Å². The summed E-state index contributed by atoms with van der Waals surface area (Å²) >= 11 is 0. The van der Waals surface area contributed by atoms with Gasteiger partial charge in [0, 0.05) is 37.6 Å². The lowest BCUT2D eigenvalue weighted by molar-refractivity contribution is -0.0591. The summed E-state index contributed by atoms with van der Waals surface area (Å²) in [7, 11) is 0. The van der Waals surface area contributed by atoms with Gasteiger partial charge in [-0.15, -0.1) is 0 Å². The number of aromatic nitrogens is 1. The van der Waals surface area contributed by atoms with Gasteiger partial charge in [-0.2, -0.15) is 0 Å². The molecule has 1 aromatic rings. The van der Waals surface area contributed by atoms with Crippen LogP contribution < -0.4 is 5.32 Å². The molecule has 4 nitrogen and oxygen atoms in total. The van der Waals surface area contributed by atoms with E-state index in [1.54, 1.807) is 0 Å². The fourth-order valence-corrected chi connectivity index (χ4v) is 3.29. The summed E-state index contributed by atoms with van der Waals surface area (Å²) < 4.78 is 5.86. The summed E-state index contributed by atoms with van der Waals surface area (Å²) in [6.07, 6.45) is 6.17. The Morgan fingerprint density at radius 3 is 3.32 bits per heavy atom. The summed E-state index contributed by atoms with van der Waals surface area (Å²) in [5.41, 5.74) is 2.33. The van der Waals surface area contributed by atoms with Crippen molar-refractivity contribution in [2.75, 3.05) is 25.0 Å². The predicted molar refractivity (Wildman–Crippen MR) is 76.2 cm³/mol. The van der Waals surface area contributed by atoms with Gasteiger partial charge < -0.3 is 10.1 Å². The molecule has 2 heterocycles. The van der Waals surface area contributed by atoms with Crippen molar-refractivity contribution in [3.63, 3.8) is 0 Å². The van der Waals surface area contributed by atoms with E-state index in [0.717, 1.165) is 31.9 Å². The van der Waals surface area contributed by atoms with Gasteiger partial charge in [0.15, 0.2) is 0 Å². The molecule has 1 aromatic heterocycles. The van der Waals surface area contributed by atoms with Gasteiger partial charge in [-0.25, -0.2) is 0 Å². The second-order valence-corrected chi connectivity index (χ2v) is 5.44. The quantitative estimate of drug-likeness (QED) is 0.902. The second-order valence-electron chi connectivity index (χ2n) is 5.44. The average Bonchev–Trinajstić information content (AvgIpc) is 2.89. The van der Waals surface area contributed by atoms with Gasteiger partial charge in [0.2, 0.25) is 0 Å². The molecule has 3 rings (SSSR count). The molecule has 1 N–H and O–H groups in total. The maximum Gasteiger partial charge on any atom is 0.0731 e. The molecule has 0 bridgehead atoms. The summed E-state index contributed by atoms with van der Waals surface area (Å²) in [6.45, 7) is 5.92. The summed E-state index contributed by atoms with van der Waals surface area (Å²) in [5, 5.41) is 3.35. The molecule has 0 amide bonds. The number of nitrogens with one attached hydrogen (secondary N) is 1.